The van der Waals surface area contributed by atoms with Crippen molar-refractivity contribution in [1.82, 2.24) is 0 Å². The maximum absolute atomic E-state index is 11.0. The molecule has 0 aromatic heterocycles. The Kier molecular flexibility index (Phi) is 10.7. The zero-order valence-corrected chi connectivity index (χ0v) is 11.3. The Morgan fingerprint density at radius 2 is 1.76 bits per heavy atom. The maximum atomic E-state index is 11.0. The number of ether oxygens (including phenoxy) is 1. The molecule has 0 unspecified atom stereocenters. The zero-order chi connectivity index (χ0) is 12.9. The molecule has 0 aliphatic carbocycles. The summed E-state index contributed by atoms with van der Waals surface area (Å²) in [5, 5.41) is 0. The topological polar surface area (TPSA) is 26.3 Å². The van der Waals surface area contributed by atoms with Crippen molar-refractivity contribution in [2.75, 3.05) is 6.61 Å². The minimum atomic E-state index is -0.294. The summed E-state index contributed by atoms with van der Waals surface area (Å²) in [4.78, 5) is 11.0. The molecule has 17 heavy (non-hydrogen) atoms. The van der Waals surface area contributed by atoms with E-state index in [4.69, 9.17) is 4.74 Å². The molecule has 98 valence electrons. The highest BCUT2D eigenvalue weighted by Crippen LogP contribution is 2.05. The third-order valence-corrected chi connectivity index (χ3v) is 2.51. The van der Waals surface area contributed by atoms with Gasteiger partial charge >= 0.3 is 5.97 Å². The van der Waals surface area contributed by atoms with Gasteiger partial charge in [-0.3, -0.25) is 0 Å². The van der Waals surface area contributed by atoms with Gasteiger partial charge in [-0.2, -0.15) is 0 Å². The minimum absolute atomic E-state index is 0.294. The van der Waals surface area contributed by atoms with Crippen LogP contribution in [-0.4, -0.2) is 12.6 Å². The number of rotatable bonds is 10. The van der Waals surface area contributed by atoms with E-state index in [0.717, 1.165) is 12.8 Å². The molecule has 0 rings (SSSR count). The molecule has 0 aliphatic rings. The van der Waals surface area contributed by atoms with Crippen molar-refractivity contribution in [2.45, 2.75) is 58.8 Å². The predicted molar refractivity (Wildman–Crippen MR) is 72.9 cm³/mol. The minimum Gasteiger partial charge on any atom is -0.462 e. The molecular weight excluding hydrogens is 212 g/mol. The Morgan fingerprint density at radius 3 is 2.41 bits per heavy atom. The molecule has 0 saturated carbocycles. The van der Waals surface area contributed by atoms with Gasteiger partial charge in [0.15, 0.2) is 0 Å². The average molecular weight is 238 g/mol. The first-order valence-electron chi connectivity index (χ1n) is 6.66. The summed E-state index contributed by atoms with van der Waals surface area (Å²) in [5.74, 6) is -0.294. The second-order valence-corrected chi connectivity index (χ2v) is 4.38. The quantitative estimate of drug-likeness (QED) is 0.244. The van der Waals surface area contributed by atoms with E-state index in [2.05, 4.69) is 25.7 Å². The summed E-state index contributed by atoms with van der Waals surface area (Å²) >= 11 is 0. The predicted octanol–water partition coefficient (Wildman–Crippen LogP) is 4.41. The van der Waals surface area contributed by atoms with Gasteiger partial charge in [0.05, 0.1) is 6.61 Å². The number of carbonyl (C=O) groups excluding carboxylic acids is 1. The smallest absolute Gasteiger partial charge is 0.333 e. The van der Waals surface area contributed by atoms with E-state index in [1.807, 2.05) is 0 Å². The Morgan fingerprint density at radius 1 is 1.12 bits per heavy atom. The fourth-order valence-corrected chi connectivity index (χ4v) is 1.44. The molecule has 0 aliphatic heterocycles. The second-order valence-electron chi connectivity index (χ2n) is 4.38. The highest BCUT2D eigenvalue weighted by atomic mass is 16.5. The molecule has 0 spiro atoms. The summed E-state index contributed by atoms with van der Waals surface area (Å²) in [6.07, 6.45) is 12.8. The van der Waals surface area contributed by atoms with Gasteiger partial charge in [-0.1, -0.05) is 51.3 Å². The zero-order valence-electron chi connectivity index (χ0n) is 11.3. The monoisotopic (exact) mass is 238 g/mol. The van der Waals surface area contributed by atoms with Crippen molar-refractivity contribution in [1.29, 1.82) is 0 Å². The molecule has 0 saturated heterocycles. The summed E-state index contributed by atoms with van der Waals surface area (Å²) < 4.78 is 4.97. The lowest BCUT2D eigenvalue weighted by Crippen LogP contribution is -2.05. The van der Waals surface area contributed by atoms with E-state index in [-0.39, 0.29) is 5.97 Å². The highest BCUT2D eigenvalue weighted by molar-refractivity contribution is 5.86. The van der Waals surface area contributed by atoms with Crippen molar-refractivity contribution in [3.63, 3.8) is 0 Å². The summed E-state index contributed by atoms with van der Waals surface area (Å²) in [7, 11) is 0. The van der Waals surface area contributed by atoms with Gasteiger partial charge in [-0.15, -0.1) is 0 Å². The van der Waals surface area contributed by atoms with E-state index in [1.165, 1.54) is 32.1 Å². The van der Waals surface area contributed by atoms with Crippen molar-refractivity contribution in [3.8, 4) is 0 Å². The molecule has 0 atom stereocenters. The molecule has 0 amide bonds. The molecule has 0 N–H and O–H groups in total. The molecular formula is C15H26O2. The van der Waals surface area contributed by atoms with Crippen LogP contribution in [0.15, 0.2) is 24.3 Å². The lowest BCUT2D eigenvalue weighted by molar-refractivity contribution is -0.138. The van der Waals surface area contributed by atoms with Crippen LogP contribution in [0.4, 0.5) is 0 Å². The summed E-state index contributed by atoms with van der Waals surface area (Å²) in [6.45, 7) is 7.87. The number of hydrogen-bond donors (Lipinski definition) is 0. The van der Waals surface area contributed by atoms with Gasteiger partial charge in [0, 0.05) is 5.57 Å². The van der Waals surface area contributed by atoms with E-state index in [1.54, 1.807) is 6.92 Å². The number of allylic oxidation sites excluding steroid dienone is 1. The van der Waals surface area contributed by atoms with Crippen LogP contribution in [0.2, 0.25) is 0 Å². The summed E-state index contributed by atoms with van der Waals surface area (Å²) in [6, 6.07) is 0. The molecule has 0 fully saturated rings. The summed E-state index contributed by atoms with van der Waals surface area (Å²) in [5.41, 5.74) is 0.463. The van der Waals surface area contributed by atoms with Crippen LogP contribution in [0, 0.1) is 0 Å². The van der Waals surface area contributed by atoms with E-state index >= 15 is 0 Å². The van der Waals surface area contributed by atoms with Gasteiger partial charge in [-0.25, -0.2) is 4.79 Å². The molecule has 0 bridgehead atoms. The third-order valence-electron chi connectivity index (χ3n) is 2.51. The van der Waals surface area contributed by atoms with Gasteiger partial charge in [-0.05, 0) is 26.2 Å². The number of esters is 1. The van der Waals surface area contributed by atoms with Gasteiger partial charge in [0.25, 0.3) is 0 Å². The SMILES string of the molecule is C=C(C)C(=O)OCC/C=C/CCCCCCC. The van der Waals surface area contributed by atoms with Crippen LogP contribution < -0.4 is 0 Å². The lowest BCUT2D eigenvalue weighted by atomic mass is 10.1. The first-order chi connectivity index (χ1) is 8.18. The van der Waals surface area contributed by atoms with Crippen LogP contribution in [0.25, 0.3) is 0 Å². The largest absolute Gasteiger partial charge is 0.462 e. The molecule has 0 aromatic carbocycles. The normalized spacial score (nSPS) is 10.7. The van der Waals surface area contributed by atoms with Crippen molar-refractivity contribution in [2.24, 2.45) is 0 Å². The van der Waals surface area contributed by atoms with Crippen molar-refractivity contribution in [3.05, 3.63) is 24.3 Å². The van der Waals surface area contributed by atoms with Crippen LogP contribution >= 0.6 is 0 Å². The number of hydrogen-bond acceptors (Lipinski definition) is 2. The van der Waals surface area contributed by atoms with Gasteiger partial charge in [0.1, 0.15) is 0 Å². The molecule has 2 nitrogen and oxygen atoms in total. The molecule has 0 heterocycles. The third kappa shape index (κ3) is 11.2. The average Bonchev–Trinajstić information content (AvgIpc) is 2.31. The van der Waals surface area contributed by atoms with Crippen molar-refractivity contribution >= 4 is 5.97 Å². The van der Waals surface area contributed by atoms with Crippen LogP contribution in [-0.2, 0) is 9.53 Å². The Balaban J connectivity index is 3.26. The van der Waals surface area contributed by atoms with E-state index < -0.39 is 0 Å². The standard InChI is InChI=1S/C15H26O2/c1-4-5-6-7-8-9-10-11-12-13-17-15(16)14(2)3/h10-11H,2,4-9,12-13H2,1,3H3/b11-10+. The second kappa shape index (κ2) is 11.4. The van der Waals surface area contributed by atoms with E-state index in [9.17, 15) is 4.79 Å². The van der Waals surface area contributed by atoms with Crippen LogP contribution in [0.1, 0.15) is 58.8 Å². The van der Waals surface area contributed by atoms with E-state index in [0.29, 0.717) is 12.2 Å². The van der Waals surface area contributed by atoms with Crippen LogP contribution in [0.5, 0.6) is 0 Å². The maximum Gasteiger partial charge on any atom is 0.333 e. The molecule has 2 heteroatoms. The fraction of sp³-hybridized carbons (Fsp3) is 0.667. The lowest BCUT2D eigenvalue weighted by Gasteiger charge is -2.01. The highest BCUT2D eigenvalue weighted by Gasteiger charge is 2.00. The Labute approximate surface area is 106 Å². The first-order valence-corrected chi connectivity index (χ1v) is 6.66. The molecule has 0 radical (unpaired) electrons. The number of unbranched alkanes of at least 4 members (excludes halogenated alkanes) is 5. The number of carbonyl (C=O) groups is 1. The first kappa shape index (κ1) is 16.0. The fourth-order valence-electron chi connectivity index (χ4n) is 1.44. The van der Waals surface area contributed by atoms with Gasteiger partial charge in [0.2, 0.25) is 0 Å². The molecule has 0 aromatic rings. The Bertz CT molecular complexity index is 241. The Hall–Kier alpha value is -1.05. The van der Waals surface area contributed by atoms with Crippen molar-refractivity contribution < 1.29 is 9.53 Å². The van der Waals surface area contributed by atoms with Crippen LogP contribution in [0.3, 0.4) is 0 Å². The van der Waals surface area contributed by atoms with Gasteiger partial charge < -0.3 is 4.74 Å².